The lowest BCUT2D eigenvalue weighted by Gasteiger charge is -2.08. The van der Waals surface area contributed by atoms with Crippen LogP contribution in [0.1, 0.15) is 17.3 Å². The predicted molar refractivity (Wildman–Crippen MR) is 68.7 cm³/mol. The van der Waals surface area contributed by atoms with Gasteiger partial charge in [-0.2, -0.15) is 0 Å². The number of pyridine rings is 1. The van der Waals surface area contributed by atoms with Crippen LogP contribution in [0.25, 0.3) is 11.1 Å². The van der Waals surface area contributed by atoms with Crippen LogP contribution >= 0.6 is 0 Å². The Balaban J connectivity index is 2.68. The number of aromatic nitrogens is 1. The molecule has 0 radical (unpaired) electrons. The van der Waals surface area contributed by atoms with Gasteiger partial charge in [0.05, 0.1) is 0 Å². The van der Waals surface area contributed by atoms with Crippen molar-refractivity contribution in [2.24, 2.45) is 0 Å². The van der Waals surface area contributed by atoms with E-state index in [1.165, 1.54) is 30.5 Å². The minimum absolute atomic E-state index is 0.252. The summed E-state index contributed by atoms with van der Waals surface area (Å²) >= 11 is 0. The molecule has 5 heteroatoms. The average Bonchev–Trinajstić information content (AvgIpc) is 2.40. The molecule has 1 N–H and O–H groups in total. The zero-order chi connectivity index (χ0) is 14.0. The molecule has 0 spiro atoms. The van der Waals surface area contributed by atoms with Gasteiger partial charge in [-0.25, -0.2) is 9.18 Å². The van der Waals surface area contributed by atoms with Crippen molar-refractivity contribution in [3.05, 3.63) is 58.3 Å². The molecule has 0 aliphatic rings. The van der Waals surface area contributed by atoms with E-state index in [0.717, 1.165) is 0 Å². The highest BCUT2D eigenvalue weighted by Gasteiger charge is 2.14. The molecule has 0 atom stereocenters. The Bertz CT molecular complexity index is 674. The van der Waals surface area contributed by atoms with Crippen molar-refractivity contribution in [3.63, 3.8) is 0 Å². The van der Waals surface area contributed by atoms with Crippen molar-refractivity contribution in [3.8, 4) is 11.1 Å². The Kier molecular flexibility index (Phi) is 3.46. The number of carboxylic acid groups (broad SMARTS) is 1. The third-order valence-electron chi connectivity index (χ3n) is 2.83. The molecule has 4 nitrogen and oxygen atoms in total. The maximum Gasteiger partial charge on any atom is 0.341 e. The van der Waals surface area contributed by atoms with Crippen molar-refractivity contribution in [1.82, 2.24) is 4.57 Å². The number of halogens is 1. The van der Waals surface area contributed by atoms with Gasteiger partial charge in [0.15, 0.2) is 0 Å². The molecule has 0 amide bonds. The van der Waals surface area contributed by atoms with Crippen molar-refractivity contribution in [1.29, 1.82) is 0 Å². The van der Waals surface area contributed by atoms with Gasteiger partial charge in [0.1, 0.15) is 11.4 Å². The van der Waals surface area contributed by atoms with Gasteiger partial charge in [0.25, 0.3) is 0 Å². The van der Waals surface area contributed by atoms with Crippen LogP contribution < -0.4 is 5.43 Å². The van der Waals surface area contributed by atoms with Crippen LogP contribution in [0.3, 0.4) is 0 Å². The number of rotatable bonds is 3. The van der Waals surface area contributed by atoms with Gasteiger partial charge < -0.3 is 9.67 Å². The van der Waals surface area contributed by atoms with Crippen molar-refractivity contribution in [2.75, 3.05) is 0 Å². The van der Waals surface area contributed by atoms with Crippen LogP contribution in [0.4, 0.5) is 4.39 Å². The van der Waals surface area contributed by atoms with E-state index < -0.39 is 17.2 Å². The van der Waals surface area contributed by atoms with E-state index in [1.807, 2.05) is 6.92 Å². The highest BCUT2D eigenvalue weighted by Crippen LogP contribution is 2.16. The summed E-state index contributed by atoms with van der Waals surface area (Å²) < 4.78 is 14.5. The van der Waals surface area contributed by atoms with E-state index in [1.54, 1.807) is 10.8 Å². The normalized spacial score (nSPS) is 10.4. The summed E-state index contributed by atoms with van der Waals surface area (Å²) in [5.41, 5.74) is -0.106. The van der Waals surface area contributed by atoms with E-state index in [-0.39, 0.29) is 11.1 Å². The predicted octanol–water partition coefficient (Wildman–Crippen LogP) is 2.37. The van der Waals surface area contributed by atoms with Gasteiger partial charge in [-0.3, -0.25) is 4.79 Å². The van der Waals surface area contributed by atoms with Crippen molar-refractivity contribution < 1.29 is 14.3 Å². The second-order valence-corrected chi connectivity index (χ2v) is 4.06. The Morgan fingerprint density at radius 1 is 1.26 bits per heavy atom. The number of nitrogens with zero attached hydrogens (tertiary/aromatic N) is 1. The smallest absolute Gasteiger partial charge is 0.341 e. The molecule has 1 heterocycles. The highest BCUT2D eigenvalue weighted by molar-refractivity contribution is 5.88. The third kappa shape index (κ3) is 2.54. The van der Waals surface area contributed by atoms with Gasteiger partial charge in [-0.1, -0.05) is 12.1 Å². The molecule has 0 aliphatic carbocycles. The fourth-order valence-corrected chi connectivity index (χ4v) is 1.80. The molecule has 1 aromatic heterocycles. The number of carbonyl (C=O) groups is 1. The summed E-state index contributed by atoms with van der Waals surface area (Å²) in [7, 11) is 0. The van der Waals surface area contributed by atoms with Gasteiger partial charge in [-0.15, -0.1) is 0 Å². The van der Waals surface area contributed by atoms with Crippen LogP contribution in [-0.2, 0) is 6.54 Å². The number of aromatic carboxylic acids is 1. The maximum atomic E-state index is 12.9. The molecular weight excluding hydrogens is 249 g/mol. The van der Waals surface area contributed by atoms with Gasteiger partial charge in [0.2, 0.25) is 5.43 Å². The first-order valence-electron chi connectivity index (χ1n) is 5.76. The first kappa shape index (κ1) is 13.0. The summed E-state index contributed by atoms with van der Waals surface area (Å²) in [6, 6.07) is 5.38. The summed E-state index contributed by atoms with van der Waals surface area (Å²) in [5, 5.41) is 9.03. The van der Waals surface area contributed by atoms with Crippen LogP contribution in [0.15, 0.2) is 41.5 Å². The first-order valence-corrected chi connectivity index (χ1v) is 5.76. The van der Waals surface area contributed by atoms with E-state index >= 15 is 0 Å². The summed E-state index contributed by atoms with van der Waals surface area (Å²) in [4.78, 5) is 23.1. The number of hydrogen-bond acceptors (Lipinski definition) is 2. The van der Waals surface area contributed by atoms with Gasteiger partial charge >= 0.3 is 5.97 Å². The van der Waals surface area contributed by atoms with Crippen LogP contribution in [0, 0.1) is 5.82 Å². The Morgan fingerprint density at radius 2 is 1.89 bits per heavy atom. The molecule has 1 aromatic carbocycles. The largest absolute Gasteiger partial charge is 0.477 e. The fraction of sp³-hybridized carbons (Fsp3) is 0.143. The highest BCUT2D eigenvalue weighted by atomic mass is 19.1. The maximum absolute atomic E-state index is 12.9. The summed E-state index contributed by atoms with van der Waals surface area (Å²) in [5.74, 6) is -1.68. The van der Waals surface area contributed by atoms with Crippen LogP contribution in [0.5, 0.6) is 0 Å². The molecule has 0 aliphatic heterocycles. The van der Waals surface area contributed by atoms with Gasteiger partial charge in [-0.05, 0) is 24.6 Å². The topological polar surface area (TPSA) is 59.3 Å². The molecule has 2 aromatic rings. The molecule has 0 fully saturated rings. The first-order chi connectivity index (χ1) is 9.02. The molecule has 0 unspecified atom stereocenters. The molecule has 0 saturated carbocycles. The minimum Gasteiger partial charge on any atom is -0.477 e. The molecule has 0 bridgehead atoms. The molecule has 0 saturated heterocycles. The fourth-order valence-electron chi connectivity index (χ4n) is 1.80. The lowest BCUT2D eigenvalue weighted by atomic mass is 10.0. The number of benzene rings is 1. The monoisotopic (exact) mass is 261 g/mol. The number of aryl methyl sites for hydroxylation is 1. The van der Waals surface area contributed by atoms with Crippen molar-refractivity contribution in [2.45, 2.75) is 13.5 Å². The minimum atomic E-state index is -1.27. The van der Waals surface area contributed by atoms with E-state index in [4.69, 9.17) is 5.11 Å². The Morgan fingerprint density at radius 3 is 2.42 bits per heavy atom. The lowest BCUT2D eigenvalue weighted by Crippen LogP contribution is -2.19. The van der Waals surface area contributed by atoms with E-state index in [2.05, 4.69) is 0 Å². The number of carboxylic acids is 1. The lowest BCUT2D eigenvalue weighted by molar-refractivity contribution is 0.0694. The third-order valence-corrected chi connectivity index (χ3v) is 2.83. The van der Waals surface area contributed by atoms with Crippen molar-refractivity contribution >= 4 is 5.97 Å². The number of hydrogen-bond donors (Lipinski definition) is 1. The standard InChI is InChI=1S/C14H12FNO3/c1-2-16-7-11(9-3-5-10(15)6-4-9)13(17)12(8-16)14(18)19/h3-8H,2H2,1H3,(H,18,19). The van der Waals surface area contributed by atoms with E-state index in [9.17, 15) is 14.0 Å². The average molecular weight is 261 g/mol. The van der Waals surface area contributed by atoms with Crippen LogP contribution in [-0.4, -0.2) is 15.6 Å². The molecule has 2 rings (SSSR count). The van der Waals surface area contributed by atoms with Gasteiger partial charge in [0, 0.05) is 24.5 Å². The summed E-state index contributed by atoms with van der Waals surface area (Å²) in [6.45, 7) is 2.37. The Hall–Kier alpha value is -2.43. The zero-order valence-electron chi connectivity index (χ0n) is 10.3. The Labute approximate surface area is 108 Å². The van der Waals surface area contributed by atoms with E-state index in [0.29, 0.717) is 12.1 Å². The second kappa shape index (κ2) is 5.06. The summed E-state index contributed by atoms with van der Waals surface area (Å²) in [6.07, 6.45) is 2.87. The second-order valence-electron chi connectivity index (χ2n) is 4.06. The zero-order valence-corrected chi connectivity index (χ0v) is 10.3. The molecular formula is C14H12FNO3. The molecule has 19 heavy (non-hydrogen) atoms. The quantitative estimate of drug-likeness (QED) is 0.922. The molecule has 98 valence electrons. The van der Waals surface area contributed by atoms with Crippen LogP contribution in [0.2, 0.25) is 0 Å². The SMILES string of the molecule is CCn1cc(C(=O)O)c(=O)c(-c2ccc(F)cc2)c1.